The van der Waals surface area contributed by atoms with E-state index in [1.54, 1.807) is 11.3 Å². The normalized spacial score (nSPS) is 15.2. The van der Waals surface area contributed by atoms with Crippen LogP contribution in [0.5, 0.6) is 0 Å². The minimum Gasteiger partial charge on any atom is -0.343 e. The quantitative estimate of drug-likeness (QED) is 0.685. The van der Waals surface area contributed by atoms with Crippen LogP contribution in [0.4, 0.5) is 0 Å². The zero-order chi connectivity index (χ0) is 12.6. The van der Waals surface area contributed by atoms with Gasteiger partial charge in [-0.3, -0.25) is 4.79 Å². The van der Waals surface area contributed by atoms with Crippen molar-refractivity contribution in [2.45, 2.75) is 51.4 Å². The van der Waals surface area contributed by atoms with Gasteiger partial charge in [0.1, 0.15) is 0 Å². The summed E-state index contributed by atoms with van der Waals surface area (Å²) in [6, 6.07) is 2.21. The van der Waals surface area contributed by atoms with E-state index in [1.165, 1.54) is 44.1 Å². The maximum atomic E-state index is 11.8. The molecule has 2 nitrogen and oxygen atoms in total. The Morgan fingerprint density at radius 1 is 1.17 bits per heavy atom. The van der Waals surface area contributed by atoms with Gasteiger partial charge in [-0.15, -0.1) is 0 Å². The van der Waals surface area contributed by atoms with Gasteiger partial charge < -0.3 is 4.90 Å². The van der Waals surface area contributed by atoms with Crippen molar-refractivity contribution in [1.29, 1.82) is 0 Å². The van der Waals surface area contributed by atoms with E-state index in [0.29, 0.717) is 5.91 Å². The lowest BCUT2D eigenvalue weighted by Gasteiger charge is -2.14. The topological polar surface area (TPSA) is 20.3 Å². The summed E-state index contributed by atoms with van der Waals surface area (Å²) >= 11 is 1.78. The highest BCUT2D eigenvalue weighted by atomic mass is 32.1. The number of likely N-dealkylation sites (tertiary alicyclic amines) is 1. The van der Waals surface area contributed by atoms with Crippen molar-refractivity contribution in [3.63, 3.8) is 0 Å². The lowest BCUT2D eigenvalue weighted by Crippen LogP contribution is -2.27. The third-order valence-electron chi connectivity index (χ3n) is 3.64. The molecule has 0 spiro atoms. The molecule has 3 heteroatoms. The Balaban J connectivity index is 1.47. The van der Waals surface area contributed by atoms with Gasteiger partial charge in [0.15, 0.2) is 0 Å². The maximum Gasteiger partial charge on any atom is 0.222 e. The fraction of sp³-hybridized carbons (Fsp3) is 0.667. The highest BCUT2D eigenvalue weighted by Gasteiger charge is 2.16. The molecule has 0 bridgehead atoms. The fourth-order valence-corrected chi connectivity index (χ4v) is 3.22. The fourth-order valence-electron chi connectivity index (χ4n) is 2.52. The summed E-state index contributed by atoms with van der Waals surface area (Å²) in [5.74, 6) is 0.380. The van der Waals surface area contributed by atoms with Gasteiger partial charge in [-0.2, -0.15) is 11.3 Å². The first-order valence-corrected chi connectivity index (χ1v) is 8.09. The molecule has 0 radical (unpaired) electrons. The number of rotatable bonds is 7. The van der Waals surface area contributed by atoms with E-state index in [4.69, 9.17) is 0 Å². The third kappa shape index (κ3) is 4.45. The second-order valence-electron chi connectivity index (χ2n) is 5.13. The highest BCUT2D eigenvalue weighted by molar-refractivity contribution is 7.07. The predicted octanol–water partition coefficient (Wildman–Crippen LogP) is 3.86. The van der Waals surface area contributed by atoms with Crippen LogP contribution in [0.2, 0.25) is 0 Å². The minimum atomic E-state index is 0.380. The van der Waals surface area contributed by atoms with Crippen molar-refractivity contribution >= 4 is 17.2 Å². The highest BCUT2D eigenvalue weighted by Crippen LogP contribution is 2.14. The molecule has 1 amide bonds. The predicted molar refractivity (Wildman–Crippen MR) is 76.9 cm³/mol. The monoisotopic (exact) mass is 265 g/mol. The van der Waals surface area contributed by atoms with Crippen molar-refractivity contribution < 1.29 is 4.79 Å². The summed E-state index contributed by atoms with van der Waals surface area (Å²) in [6.07, 6.45) is 9.14. The van der Waals surface area contributed by atoms with Crippen LogP contribution in [-0.2, 0) is 11.2 Å². The second kappa shape index (κ2) is 7.57. The number of unbranched alkanes of at least 4 members (excludes halogenated alkanes) is 3. The van der Waals surface area contributed by atoms with Gasteiger partial charge in [0.25, 0.3) is 0 Å². The molecule has 0 aliphatic carbocycles. The Kier molecular flexibility index (Phi) is 5.72. The molecule has 1 fully saturated rings. The molecule has 18 heavy (non-hydrogen) atoms. The van der Waals surface area contributed by atoms with E-state index in [-0.39, 0.29) is 0 Å². The summed E-state index contributed by atoms with van der Waals surface area (Å²) < 4.78 is 0. The summed E-state index contributed by atoms with van der Waals surface area (Å²) in [6.45, 7) is 1.99. The van der Waals surface area contributed by atoms with Crippen LogP contribution in [0.25, 0.3) is 0 Å². The van der Waals surface area contributed by atoms with E-state index >= 15 is 0 Å². The number of hydrogen-bond acceptors (Lipinski definition) is 2. The summed E-state index contributed by atoms with van der Waals surface area (Å²) in [4.78, 5) is 13.8. The van der Waals surface area contributed by atoms with E-state index in [0.717, 1.165) is 25.9 Å². The Morgan fingerprint density at radius 2 is 1.94 bits per heavy atom. The second-order valence-corrected chi connectivity index (χ2v) is 5.91. The van der Waals surface area contributed by atoms with Crippen molar-refractivity contribution in [2.24, 2.45) is 0 Å². The molecule has 1 aromatic rings. The van der Waals surface area contributed by atoms with Gasteiger partial charge in [-0.25, -0.2) is 0 Å². The van der Waals surface area contributed by atoms with Gasteiger partial charge in [0.2, 0.25) is 5.91 Å². The SMILES string of the molecule is O=C(CCCCCCc1ccsc1)N1CCCC1. The van der Waals surface area contributed by atoms with Crippen LogP contribution in [0.15, 0.2) is 16.8 Å². The largest absolute Gasteiger partial charge is 0.343 e. The summed E-state index contributed by atoms with van der Waals surface area (Å²) in [5.41, 5.74) is 1.47. The van der Waals surface area contributed by atoms with Crippen LogP contribution in [0.3, 0.4) is 0 Å². The molecule has 0 saturated carbocycles. The van der Waals surface area contributed by atoms with Crippen molar-refractivity contribution in [1.82, 2.24) is 4.90 Å². The molecule has 2 rings (SSSR count). The number of nitrogens with zero attached hydrogens (tertiary/aromatic N) is 1. The first-order valence-electron chi connectivity index (χ1n) is 7.15. The molecule has 2 heterocycles. The molecule has 1 aliphatic heterocycles. The first-order chi connectivity index (χ1) is 8.86. The van der Waals surface area contributed by atoms with E-state index in [2.05, 4.69) is 16.8 Å². The number of aryl methyl sites for hydroxylation is 1. The third-order valence-corrected chi connectivity index (χ3v) is 4.38. The minimum absolute atomic E-state index is 0.380. The molecule has 0 aromatic carbocycles. The van der Waals surface area contributed by atoms with Crippen LogP contribution >= 0.6 is 11.3 Å². The summed E-state index contributed by atoms with van der Waals surface area (Å²) in [5, 5.41) is 4.38. The molecular weight excluding hydrogens is 242 g/mol. The molecule has 0 unspecified atom stereocenters. The number of carbonyl (C=O) groups excluding carboxylic acids is 1. The molecule has 1 aromatic heterocycles. The standard InChI is InChI=1S/C15H23NOS/c17-15(16-10-5-6-11-16)8-4-2-1-3-7-14-9-12-18-13-14/h9,12-13H,1-8,10-11H2. The molecule has 0 atom stereocenters. The molecule has 100 valence electrons. The molecule has 0 N–H and O–H groups in total. The average molecular weight is 265 g/mol. The average Bonchev–Trinajstić information content (AvgIpc) is 3.05. The molecular formula is C15H23NOS. The number of amides is 1. The van der Waals surface area contributed by atoms with E-state index in [9.17, 15) is 4.79 Å². The Bertz CT molecular complexity index is 341. The molecule has 1 aliphatic rings. The Morgan fingerprint density at radius 3 is 2.67 bits per heavy atom. The van der Waals surface area contributed by atoms with Crippen molar-refractivity contribution in [3.8, 4) is 0 Å². The van der Waals surface area contributed by atoms with Gasteiger partial charge in [-0.1, -0.05) is 12.8 Å². The molecule has 1 saturated heterocycles. The van der Waals surface area contributed by atoms with Crippen LogP contribution in [-0.4, -0.2) is 23.9 Å². The van der Waals surface area contributed by atoms with E-state index < -0.39 is 0 Å². The summed E-state index contributed by atoms with van der Waals surface area (Å²) in [7, 11) is 0. The lowest BCUT2D eigenvalue weighted by molar-refractivity contribution is -0.130. The van der Waals surface area contributed by atoms with Crippen LogP contribution in [0, 0.1) is 0 Å². The Hall–Kier alpha value is -0.830. The number of hydrogen-bond donors (Lipinski definition) is 0. The van der Waals surface area contributed by atoms with Crippen LogP contribution in [0.1, 0.15) is 50.5 Å². The maximum absolute atomic E-state index is 11.8. The zero-order valence-corrected chi connectivity index (χ0v) is 11.9. The van der Waals surface area contributed by atoms with Gasteiger partial charge >= 0.3 is 0 Å². The Labute approximate surface area is 114 Å². The first kappa shape index (κ1) is 13.6. The number of thiophene rings is 1. The van der Waals surface area contributed by atoms with Crippen molar-refractivity contribution in [2.75, 3.05) is 13.1 Å². The van der Waals surface area contributed by atoms with E-state index in [1.807, 2.05) is 4.90 Å². The van der Waals surface area contributed by atoms with Gasteiger partial charge in [-0.05, 0) is 54.5 Å². The van der Waals surface area contributed by atoms with Crippen LogP contribution < -0.4 is 0 Å². The lowest BCUT2D eigenvalue weighted by atomic mass is 10.1. The number of carbonyl (C=O) groups is 1. The van der Waals surface area contributed by atoms with Gasteiger partial charge in [0, 0.05) is 19.5 Å². The smallest absolute Gasteiger partial charge is 0.222 e. The van der Waals surface area contributed by atoms with Gasteiger partial charge in [0.05, 0.1) is 0 Å². The zero-order valence-electron chi connectivity index (χ0n) is 11.1. The van der Waals surface area contributed by atoms with Crippen molar-refractivity contribution in [3.05, 3.63) is 22.4 Å².